The van der Waals surface area contributed by atoms with Crippen molar-refractivity contribution in [3.05, 3.63) is 52.2 Å². The van der Waals surface area contributed by atoms with Gasteiger partial charge in [-0.05, 0) is 39.0 Å². The number of aromatic nitrogens is 2. The molecule has 2 aliphatic rings. The summed E-state index contributed by atoms with van der Waals surface area (Å²) < 4.78 is 60.7. The number of carbonyl (C=O) groups excluding carboxylic acids is 1. The van der Waals surface area contributed by atoms with Gasteiger partial charge in [0.05, 0.1) is 25.6 Å². The monoisotopic (exact) mass is 539 g/mol. The van der Waals surface area contributed by atoms with Crippen molar-refractivity contribution in [3.8, 4) is 6.07 Å². The van der Waals surface area contributed by atoms with Crippen LogP contribution in [0, 0.1) is 17.1 Å². The normalized spacial score (nSPS) is 28.2. The third-order valence-electron chi connectivity index (χ3n) is 6.44. The number of rotatable bonds is 3. The minimum atomic E-state index is -3.45. The maximum atomic E-state index is 15.1. The van der Waals surface area contributed by atoms with Gasteiger partial charge < -0.3 is 11.1 Å². The molecule has 0 saturated heterocycles. The van der Waals surface area contributed by atoms with Crippen LogP contribution in [0.25, 0.3) is 0 Å². The Morgan fingerprint density at radius 1 is 1.33 bits per heavy atom. The van der Waals surface area contributed by atoms with E-state index in [-0.39, 0.29) is 27.9 Å². The summed E-state index contributed by atoms with van der Waals surface area (Å²) in [6.07, 6.45) is 0.282. The number of amidine groups is 1. The average Bonchev–Trinajstić information content (AvgIpc) is 2.80. The summed E-state index contributed by atoms with van der Waals surface area (Å²) in [5.41, 5.74) is 3.75. The summed E-state index contributed by atoms with van der Waals surface area (Å²) in [7, 11) is -3.45. The number of halogens is 4. The standard InChI is InChI=1S/C22H21ClF3N7O2S/c1-20(2)19(28)33-21(3,14-7-22(25,26)10-30-36(14,20)35)17-13(24)4-5-15(31-17)32-18(34)16-12(23)6-11(8-27)9-29-16/h4-6,9,14H,7,10H2,1-3H3,(H2,28,33)(H,31,32,34)/t14-,21+,36-/m1/s1. The number of nitrogens with zero attached hydrogens (tertiary/aromatic N) is 5. The van der Waals surface area contributed by atoms with Crippen molar-refractivity contribution in [2.24, 2.45) is 15.1 Å². The van der Waals surface area contributed by atoms with Gasteiger partial charge in [0, 0.05) is 12.6 Å². The molecule has 0 spiro atoms. The first-order valence-corrected chi connectivity index (χ1v) is 12.6. The molecule has 0 unspecified atom stereocenters. The molecule has 0 radical (unpaired) electrons. The lowest BCUT2D eigenvalue weighted by Gasteiger charge is -2.48. The van der Waals surface area contributed by atoms with Crippen LogP contribution in [0.15, 0.2) is 33.8 Å². The fourth-order valence-electron chi connectivity index (χ4n) is 4.28. The SMILES string of the molecule is CC1(C)C(N)=N[C@](C)(c2nc(NC(=O)c3ncc(C#N)cc3Cl)ccc2F)[C@H]2CC(F)(F)CN=[S@@]21=O. The number of alkyl halides is 2. The van der Waals surface area contributed by atoms with Gasteiger partial charge >= 0.3 is 0 Å². The number of pyridine rings is 2. The molecule has 4 rings (SSSR count). The smallest absolute Gasteiger partial charge is 0.276 e. The summed E-state index contributed by atoms with van der Waals surface area (Å²) in [5.74, 6) is -5.31. The highest BCUT2D eigenvalue weighted by Gasteiger charge is 2.60. The van der Waals surface area contributed by atoms with E-state index in [4.69, 9.17) is 22.6 Å². The second-order valence-corrected chi connectivity index (χ2v) is 12.6. The van der Waals surface area contributed by atoms with Gasteiger partial charge in [0.15, 0.2) is 0 Å². The molecule has 2 aliphatic heterocycles. The molecular formula is C22H21ClF3N7O2S. The number of anilines is 1. The highest BCUT2D eigenvalue weighted by Crippen LogP contribution is 2.49. The van der Waals surface area contributed by atoms with Crippen LogP contribution in [-0.2, 0) is 15.3 Å². The predicted octanol–water partition coefficient (Wildman–Crippen LogP) is 3.63. The van der Waals surface area contributed by atoms with Crippen molar-refractivity contribution in [1.29, 1.82) is 5.26 Å². The average molecular weight is 540 g/mol. The Balaban J connectivity index is 1.80. The van der Waals surface area contributed by atoms with Gasteiger partial charge in [-0.25, -0.2) is 31.7 Å². The van der Waals surface area contributed by atoms with Gasteiger partial charge in [-0.15, -0.1) is 0 Å². The van der Waals surface area contributed by atoms with E-state index in [0.717, 1.165) is 18.3 Å². The zero-order valence-corrected chi connectivity index (χ0v) is 20.9. The van der Waals surface area contributed by atoms with E-state index in [9.17, 15) is 17.8 Å². The maximum Gasteiger partial charge on any atom is 0.276 e. The quantitative estimate of drug-likeness (QED) is 0.609. The number of hydrogen-bond acceptors (Lipinski definition) is 8. The van der Waals surface area contributed by atoms with Crippen molar-refractivity contribution in [1.82, 2.24) is 9.97 Å². The van der Waals surface area contributed by atoms with Crippen LogP contribution < -0.4 is 11.1 Å². The van der Waals surface area contributed by atoms with Crippen LogP contribution in [-0.4, -0.2) is 48.4 Å². The van der Waals surface area contributed by atoms with E-state index in [1.165, 1.54) is 26.8 Å². The number of nitrogens with one attached hydrogen (secondary N) is 1. The van der Waals surface area contributed by atoms with Crippen molar-refractivity contribution in [3.63, 3.8) is 0 Å². The Labute approximate surface area is 210 Å². The minimum absolute atomic E-state index is 0.0986. The van der Waals surface area contributed by atoms with E-state index < -0.39 is 61.6 Å². The van der Waals surface area contributed by atoms with E-state index >= 15 is 4.39 Å². The Morgan fingerprint density at radius 2 is 2.03 bits per heavy atom. The lowest BCUT2D eigenvalue weighted by molar-refractivity contribution is -0.00686. The molecule has 36 heavy (non-hydrogen) atoms. The Bertz CT molecular complexity index is 1480. The van der Waals surface area contributed by atoms with Crippen molar-refractivity contribution < 1.29 is 22.2 Å². The number of fused-ring (bicyclic) bond motifs is 1. The predicted molar refractivity (Wildman–Crippen MR) is 128 cm³/mol. The summed E-state index contributed by atoms with van der Waals surface area (Å²) in [4.78, 5) is 25.1. The van der Waals surface area contributed by atoms with Crippen molar-refractivity contribution in [2.45, 2.75) is 48.7 Å². The number of aliphatic imine (C=N–C) groups is 1. The van der Waals surface area contributed by atoms with Gasteiger partial charge in [0.25, 0.3) is 11.8 Å². The number of amides is 1. The molecule has 0 saturated carbocycles. The van der Waals surface area contributed by atoms with Gasteiger partial charge in [-0.2, -0.15) is 5.26 Å². The van der Waals surface area contributed by atoms with E-state index in [1.54, 1.807) is 0 Å². The molecule has 2 aromatic rings. The van der Waals surface area contributed by atoms with Crippen molar-refractivity contribution >= 4 is 38.9 Å². The molecule has 1 amide bonds. The Kier molecular flexibility index (Phi) is 6.04. The lowest BCUT2D eigenvalue weighted by Crippen LogP contribution is -2.62. The Morgan fingerprint density at radius 3 is 2.67 bits per heavy atom. The zero-order valence-electron chi connectivity index (χ0n) is 19.4. The van der Waals surface area contributed by atoms with Crippen LogP contribution in [0.3, 0.4) is 0 Å². The van der Waals surface area contributed by atoms with Crippen LogP contribution in [0.4, 0.5) is 19.0 Å². The third-order valence-corrected chi connectivity index (χ3v) is 10.3. The number of hydrogen-bond donors (Lipinski definition) is 2. The number of nitrogens with two attached hydrogens (primary N) is 1. The van der Waals surface area contributed by atoms with Gasteiger partial charge in [-0.1, -0.05) is 11.6 Å². The van der Waals surface area contributed by atoms with E-state index in [2.05, 4.69) is 24.6 Å². The highest BCUT2D eigenvalue weighted by molar-refractivity contribution is 7.96. The lowest BCUT2D eigenvalue weighted by atomic mass is 9.88. The second kappa shape index (κ2) is 8.41. The molecule has 3 atom stereocenters. The minimum Gasteiger partial charge on any atom is -0.386 e. The molecule has 0 aliphatic carbocycles. The van der Waals surface area contributed by atoms with Gasteiger partial charge in [0.2, 0.25) is 0 Å². The fourth-order valence-corrected chi connectivity index (χ4v) is 7.72. The molecule has 190 valence electrons. The topological polar surface area (TPSA) is 146 Å². The molecule has 4 heterocycles. The fraction of sp³-hybridized carbons (Fsp3) is 0.409. The summed E-state index contributed by atoms with van der Waals surface area (Å²) >= 11 is 6.03. The Hall–Kier alpha value is -3.24. The maximum absolute atomic E-state index is 15.1. The first-order chi connectivity index (χ1) is 16.6. The second-order valence-electron chi connectivity index (χ2n) is 9.21. The largest absolute Gasteiger partial charge is 0.386 e. The molecule has 9 nitrogen and oxygen atoms in total. The highest BCUT2D eigenvalue weighted by atomic mass is 35.5. The van der Waals surface area contributed by atoms with E-state index in [0.29, 0.717) is 0 Å². The van der Waals surface area contributed by atoms with Crippen LogP contribution in [0.2, 0.25) is 5.02 Å². The molecular weight excluding hydrogens is 519 g/mol. The molecule has 0 aromatic carbocycles. The molecule has 0 bridgehead atoms. The van der Waals surface area contributed by atoms with Crippen LogP contribution in [0.5, 0.6) is 0 Å². The summed E-state index contributed by atoms with van der Waals surface area (Å²) in [6, 6.07) is 5.21. The number of nitriles is 1. The van der Waals surface area contributed by atoms with E-state index in [1.807, 2.05) is 6.07 Å². The molecule has 14 heteroatoms. The summed E-state index contributed by atoms with van der Waals surface area (Å²) in [5, 5.41) is 9.83. The molecule has 3 N–H and O–H groups in total. The zero-order chi connectivity index (χ0) is 26.7. The molecule has 2 aromatic heterocycles. The number of carbonyl (C=O) groups is 1. The van der Waals surface area contributed by atoms with Crippen LogP contribution in [0.1, 0.15) is 48.9 Å². The van der Waals surface area contributed by atoms with Gasteiger partial charge in [0.1, 0.15) is 51.8 Å². The first-order valence-electron chi connectivity index (χ1n) is 10.6. The van der Waals surface area contributed by atoms with Crippen molar-refractivity contribution in [2.75, 3.05) is 11.9 Å². The first kappa shape index (κ1) is 25.8. The van der Waals surface area contributed by atoms with Crippen LogP contribution >= 0.6 is 11.6 Å². The summed E-state index contributed by atoms with van der Waals surface area (Å²) in [6.45, 7) is 3.39. The molecule has 0 fully saturated rings. The van der Waals surface area contributed by atoms with Gasteiger partial charge in [-0.3, -0.25) is 9.79 Å². The third kappa shape index (κ3) is 3.98.